The van der Waals surface area contributed by atoms with E-state index < -0.39 is 11.7 Å². The van der Waals surface area contributed by atoms with E-state index in [1.807, 2.05) is 9.78 Å². The molecule has 0 spiro atoms. The van der Waals surface area contributed by atoms with Gasteiger partial charge >= 0.3 is 6.18 Å². The Balaban J connectivity index is 1.31. The highest BCUT2D eigenvalue weighted by Gasteiger charge is 2.30. The van der Waals surface area contributed by atoms with Gasteiger partial charge in [0.15, 0.2) is 4.96 Å². The van der Waals surface area contributed by atoms with E-state index in [1.165, 1.54) is 35.6 Å². The maximum atomic E-state index is 13.1. The third-order valence-electron chi connectivity index (χ3n) is 4.62. The Morgan fingerprint density at radius 2 is 1.94 bits per heavy atom. The lowest BCUT2D eigenvalue weighted by molar-refractivity contribution is -0.137. The normalized spacial score (nSPS) is 11.6. The van der Waals surface area contributed by atoms with Crippen LogP contribution in [0.15, 0.2) is 60.1 Å². The summed E-state index contributed by atoms with van der Waals surface area (Å²) in [7, 11) is 0. The van der Waals surface area contributed by atoms with E-state index in [1.54, 1.807) is 18.3 Å². The number of carbonyl (C=O) groups excluding carboxylic acids is 1. The zero-order valence-electron chi connectivity index (χ0n) is 16.5. The van der Waals surface area contributed by atoms with Gasteiger partial charge in [0.25, 0.3) is 0 Å². The first kappa shape index (κ1) is 21.8. The number of benzene rings is 2. The van der Waals surface area contributed by atoms with Crippen LogP contribution >= 0.6 is 11.3 Å². The first-order valence-electron chi connectivity index (χ1n) is 9.58. The van der Waals surface area contributed by atoms with Gasteiger partial charge in [-0.1, -0.05) is 6.07 Å². The molecule has 0 radical (unpaired) electrons. The van der Waals surface area contributed by atoms with E-state index in [0.29, 0.717) is 10.7 Å². The van der Waals surface area contributed by atoms with Gasteiger partial charge in [-0.2, -0.15) is 13.2 Å². The summed E-state index contributed by atoms with van der Waals surface area (Å²) in [6.07, 6.45) is -2.55. The summed E-state index contributed by atoms with van der Waals surface area (Å²) < 4.78 is 58.4. The Morgan fingerprint density at radius 3 is 2.69 bits per heavy atom. The average Bonchev–Trinajstić information content (AvgIpc) is 3.33. The van der Waals surface area contributed by atoms with Crippen molar-refractivity contribution < 1.29 is 27.1 Å². The number of carbonyl (C=O) groups is 1. The molecule has 2 heterocycles. The number of ether oxygens (including phenoxy) is 1. The number of nitrogens with one attached hydrogen (secondary N) is 1. The Hall–Kier alpha value is -3.40. The number of amides is 1. The van der Waals surface area contributed by atoms with Gasteiger partial charge in [0.2, 0.25) is 5.91 Å². The van der Waals surface area contributed by atoms with Crippen LogP contribution < -0.4 is 10.1 Å². The number of alkyl halides is 3. The third-order valence-corrected chi connectivity index (χ3v) is 5.51. The molecule has 0 saturated carbocycles. The number of imidazole rings is 1. The fourth-order valence-electron chi connectivity index (χ4n) is 3.06. The third kappa shape index (κ3) is 5.08. The Kier molecular flexibility index (Phi) is 6.13. The van der Waals surface area contributed by atoms with Crippen molar-refractivity contribution in [3.05, 3.63) is 77.2 Å². The second-order valence-electron chi connectivity index (χ2n) is 6.91. The van der Waals surface area contributed by atoms with Crippen LogP contribution in [0.2, 0.25) is 0 Å². The van der Waals surface area contributed by atoms with Crippen LogP contribution in [0.25, 0.3) is 16.2 Å². The predicted octanol–water partition coefficient (Wildman–Crippen LogP) is 4.96. The fraction of sp³-hybridized carbons (Fsp3) is 0.182. The number of fused-ring (bicyclic) bond motifs is 1. The molecule has 0 unspecified atom stereocenters. The van der Waals surface area contributed by atoms with Gasteiger partial charge in [-0.05, 0) is 42.5 Å². The highest BCUT2D eigenvalue weighted by Crippen LogP contribution is 2.31. The van der Waals surface area contributed by atoms with Crippen LogP contribution in [0.1, 0.15) is 11.3 Å². The van der Waals surface area contributed by atoms with E-state index in [-0.39, 0.29) is 37.0 Å². The molecule has 10 heteroatoms. The van der Waals surface area contributed by atoms with Crippen LogP contribution in [-0.4, -0.2) is 28.4 Å². The summed E-state index contributed by atoms with van der Waals surface area (Å²) in [5, 5.41) is 4.52. The van der Waals surface area contributed by atoms with Gasteiger partial charge < -0.3 is 10.1 Å². The molecule has 2 aromatic carbocycles. The Bertz CT molecular complexity index is 1230. The smallest absolute Gasteiger partial charge is 0.416 e. The van der Waals surface area contributed by atoms with Gasteiger partial charge in [-0.25, -0.2) is 9.37 Å². The van der Waals surface area contributed by atoms with Crippen molar-refractivity contribution >= 4 is 22.2 Å². The first-order chi connectivity index (χ1) is 15.3. The zero-order chi connectivity index (χ0) is 22.7. The standard InChI is InChI=1S/C22H17F4N3O2S/c23-16-6-4-14(5-7-16)19-12-29-17(13-32-21(29)28-19)11-20(30)27-8-9-31-18-3-1-2-15(10-18)22(24,25)26/h1-7,10,12-13H,8-9,11H2,(H,27,30). The van der Waals surface area contributed by atoms with E-state index in [4.69, 9.17) is 4.74 Å². The Morgan fingerprint density at radius 1 is 1.16 bits per heavy atom. The summed E-state index contributed by atoms with van der Waals surface area (Å²) in [5.74, 6) is -0.501. The summed E-state index contributed by atoms with van der Waals surface area (Å²) in [6.45, 7) is 0.180. The molecule has 32 heavy (non-hydrogen) atoms. The molecular weight excluding hydrogens is 446 g/mol. The molecule has 0 aliphatic rings. The van der Waals surface area contributed by atoms with Crippen molar-refractivity contribution in [1.82, 2.24) is 14.7 Å². The monoisotopic (exact) mass is 463 g/mol. The van der Waals surface area contributed by atoms with E-state index in [2.05, 4.69) is 10.3 Å². The quantitative estimate of drug-likeness (QED) is 0.311. The number of nitrogens with zero attached hydrogens (tertiary/aromatic N) is 2. The molecule has 166 valence electrons. The largest absolute Gasteiger partial charge is 0.492 e. The van der Waals surface area contributed by atoms with E-state index in [0.717, 1.165) is 23.4 Å². The van der Waals surface area contributed by atoms with E-state index in [9.17, 15) is 22.4 Å². The minimum atomic E-state index is -4.44. The number of thiazole rings is 1. The van der Waals surface area contributed by atoms with Crippen LogP contribution in [0.5, 0.6) is 5.75 Å². The lowest BCUT2D eigenvalue weighted by Gasteiger charge is -2.10. The molecular formula is C22H17F4N3O2S. The second-order valence-corrected chi connectivity index (χ2v) is 7.75. The predicted molar refractivity (Wildman–Crippen MR) is 112 cm³/mol. The molecule has 1 amide bonds. The molecule has 2 aromatic heterocycles. The van der Waals surface area contributed by atoms with Crippen LogP contribution in [0.4, 0.5) is 17.6 Å². The highest BCUT2D eigenvalue weighted by molar-refractivity contribution is 7.15. The molecule has 5 nitrogen and oxygen atoms in total. The summed E-state index contributed by atoms with van der Waals surface area (Å²) in [5.41, 5.74) is 1.39. The maximum absolute atomic E-state index is 13.1. The SMILES string of the molecule is O=C(Cc1csc2nc(-c3ccc(F)cc3)cn12)NCCOc1cccc(C(F)(F)F)c1. The Labute approximate surface area is 184 Å². The van der Waals surface area contributed by atoms with Crippen molar-refractivity contribution in [2.45, 2.75) is 12.6 Å². The number of halogens is 4. The van der Waals surface area contributed by atoms with Crippen LogP contribution in [0, 0.1) is 5.82 Å². The van der Waals surface area contributed by atoms with Crippen LogP contribution in [0.3, 0.4) is 0 Å². The number of aromatic nitrogens is 2. The minimum absolute atomic E-state index is 0.0336. The van der Waals surface area contributed by atoms with Gasteiger partial charge in [-0.15, -0.1) is 11.3 Å². The van der Waals surface area contributed by atoms with Gasteiger partial charge in [0, 0.05) is 22.8 Å². The molecule has 0 fully saturated rings. The summed E-state index contributed by atoms with van der Waals surface area (Å²) in [6, 6.07) is 10.6. The molecule has 0 aliphatic heterocycles. The zero-order valence-corrected chi connectivity index (χ0v) is 17.3. The van der Waals surface area contributed by atoms with E-state index >= 15 is 0 Å². The molecule has 0 aliphatic carbocycles. The van der Waals surface area contributed by atoms with Crippen molar-refractivity contribution in [3.63, 3.8) is 0 Å². The topological polar surface area (TPSA) is 55.6 Å². The lowest BCUT2D eigenvalue weighted by Crippen LogP contribution is -2.29. The lowest BCUT2D eigenvalue weighted by atomic mass is 10.2. The maximum Gasteiger partial charge on any atom is 0.416 e. The van der Waals surface area contributed by atoms with Crippen molar-refractivity contribution in [3.8, 4) is 17.0 Å². The molecule has 0 bridgehead atoms. The van der Waals surface area contributed by atoms with Gasteiger partial charge in [0.05, 0.1) is 24.2 Å². The number of rotatable bonds is 7. The highest BCUT2D eigenvalue weighted by atomic mass is 32.1. The first-order valence-corrected chi connectivity index (χ1v) is 10.5. The van der Waals surface area contributed by atoms with Crippen LogP contribution in [-0.2, 0) is 17.4 Å². The average molecular weight is 463 g/mol. The number of hydrogen-bond acceptors (Lipinski definition) is 4. The molecule has 1 N–H and O–H groups in total. The van der Waals surface area contributed by atoms with Crippen molar-refractivity contribution in [2.75, 3.05) is 13.2 Å². The number of hydrogen-bond donors (Lipinski definition) is 1. The molecule has 4 rings (SSSR count). The minimum Gasteiger partial charge on any atom is -0.492 e. The molecule has 0 saturated heterocycles. The molecule has 0 atom stereocenters. The summed E-state index contributed by atoms with van der Waals surface area (Å²) >= 11 is 1.38. The fourth-order valence-corrected chi connectivity index (χ4v) is 3.94. The van der Waals surface area contributed by atoms with Gasteiger partial charge in [0.1, 0.15) is 18.2 Å². The van der Waals surface area contributed by atoms with Crippen molar-refractivity contribution in [1.29, 1.82) is 0 Å². The second kappa shape index (κ2) is 8.99. The van der Waals surface area contributed by atoms with Gasteiger partial charge in [-0.3, -0.25) is 9.20 Å². The van der Waals surface area contributed by atoms with Crippen molar-refractivity contribution in [2.24, 2.45) is 0 Å². The summed E-state index contributed by atoms with van der Waals surface area (Å²) in [4.78, 5) is 17.5. The molecule has 4 aromatic rings.